The summed E-state index contributed by atoms with van der Waals surface area (Å²) in [5, 5.41) is 0. The van der Waals surface area contributed by atoms with Gasteiger partial charge in [0.25, 0.3) is 0 Å². The predicted molar refractivity (Wildman–Crippen MR) is 49.2 cm³/mol. The second-order valence-electron chi connectivity index (χ2n) is 4.37. The fourth-order valence-electron chi connectivity index (χ4n) is 2.68. The second-order valence-corrected chi connectivity index (χ2v) is 4.37. The van der Waals surface area contributed by atoms with Crippen LogP contribution in [0.4, 0.5) is 0 Å². The van der Waals surface area contributed by atoms with Gasteiger partial charge >= 0.3 is 0 Å². The monoisotopic (exact) mass is 169 g/mol. The summed E-state index contributed by atoms with van der Waals surface area (Å²) in [5.74, 6) is 0.839. The summed E-state index contributed by atoms with van der Waals surface area (Å²) >= 11 is 0. The summed E-state index contributed by atoms with van der Waals surface area (Å²) in [4.78, 5) is 2.45. The predicted octanol–water partition coefficient (Wildman–Crippen LogP) is 1.50. The smallest absolute Gasteiger partial charge is 0.0757 e. The van der Waals surface area contributed by atoms with Crippen molar-refractivity contribution >= 4 is 0 Å². The first-order valence-corrected chi connectivity index (χ1v) is 5.03. The Morgan fingerprint density at radius 3 is 2.83 bits per heavy atom. The average Bonchev–Trinajstić information content (AvgIpc) is 2.48. The Bertz CT molecular complexity index is 171. The third-order valence-electron chi connectivity index (χ3n) is 3.72. The summed E-state index contributed by atoms with van der Waals surface area (Å²) in [6.45, 7) is 5.60. The van der Waals surface area contributed by atoms with Crippen LogP contribution in [0.5, 0.6) is 0 Å². The lowest BCUT2D eigenvalue weighted by molar-refractivity contribution is -0.0266. The quantitative estimate of drug-likeness (QED) is 0.545. The molecule has 0 spiro atoms. The van der Waals surface area contributed by atoms with Crippen LogP contribution in [0.2, 0.25) is 0 Å². The van der Waals surface area contributed by atoms with Gasteiger partial charge in [-0.25, -0.2) is 0 Å². The van der Waals surface area contributed by atoms with Crippen molar-refractivity contribution in [2.45, 2.75) is 44.9 Å². The highest BCUT2D eigenvalue weighted by Crippen LogP contribution is 2.35. The highest BCUT2D eigenvalue weighted by atomic mass is 16.5. The number of likely N-dealkylation sites (tertiary alicyclic amines) is 1. The summed E-state index contributed by atoms with van der Waals surface area (Å²) in [6.07, 6.45) is 3.13. The molecular formula is C10H19NO. The van der Waals surface area contributed by atoms with Crippen molar-refractivity contribution in [2.24, 2.45) is 5.92 Å². The minimum absolute atomic E-state index is 0.520. The Morgan fingerprint density at radius 2 is 2.08 bits per heavy atom. The standard InChI is InChI=1S/C10H19NO/c1-7-6-9-4-5-12-10(9)8(2)11(7)3/h7-10H,4-6H2,1-3H3. The van der Waals surface area contributed by atoms with Crippen molar-refractivity contribution in [2.75, 3.05) is 13.7 Å². The molecule has 0 bridgehead atoms. The van der Waals surface area contributed by atoms with Crippen LogP contribution in [-0.2, 0) is 4.74 Å². The van der Waals surface area contributed by atoms with Crippen molar-refractivity contribution in [3.8, 4) is 0 Å². The molecule has 0 saturated carbocycles. The average molecular weight is 169 g/mol. The van der Waals surface area contributed by atoms with Gasteiger partial charge in [0, 0.05) is 18.7 Å². The van der Waals surface area contributed by atoms with Crippen molar-refractivity contribution in [1.82, 2.24) is 4.90 Å². The molecule has 2 heterocycles. The SMILES string of the molecule is CC1CC2CCOC2C(C)N1C. The zero-order valence-corrected chi connectivity index (χ0v) is 8.29. The zero-order valence-electron chi connectivity index (χ0n) is 8.29. The van der Waals surface area contributed by atoms with Crippen molar-refractivity contribution in [3.63, 3.8) is 0 Å². The molecule has 0 N–H and O–H groups in total. The van der Waals surface area contributed by atoms with Crippen LogP contribution in [-0.4, -0.2) is 36.7 Å². The number of nitrogens with zero attached hydrogens (tertiary/aromatic N) is 1. The molecule has 0 amide bonds. The molecule has 0 aromatic heterocycles. The molecule has 70 valence electrons. The molecule has 2 aliphatic heterocycles. The van der Waals surface area contributed by atoms with Gasteiger partial charge in [-0.1, -0.05) is 0 Å². The molecule has 0 aliphatic carbocycles. The fourth-order valence-corrected chi connectivity index (χ4v) is 2.68. The van der Waals surface area contributed by atoms with E-state index in [0.29, 0.717) is 12.1 Å². The first-order valence-electron chi connectivity index (χ1n) is 5.03. The summed E-state index contributed by atoms with van der Waals surface area (Å²) in [6, 6.07) is 1.35. The van der Waals surface area contributed by atoms with Crippen molar-refractivity contribution in [3.05, 3.63) is 0 Å². The van der Waals surface area contributed by atoms with E-state index in [-0.39, 0.29) is 0 Å². The number of ether oxygens (including phenoxy) is 1. The number of fused-ring (bicyclic) bond motifs is 1. The molecule has 2 nitrogen and oxygen atoms in total. The molecule has 4 unspecified atom stereocenters. The molecule has 4 atom stereocenters. The third-order valence-corrected chi connectivity index (χ3v) is 3.72. The van der Waals surface area contributed by atoms with Crippen LogP contribution in [0.3, 0.4) is 0 Å². The van der Waals surface area contributed by atoms with Crippen molar-refractivity contribution in [1.29, 1.82) is 0 Å². The van der Waals surface area contributed by atoms with Crippen LogP contribution < -0.4 is 0 Å². The number of piperidine rings is 1. The number of hydrogen-bond donors (Lipinski definition) is 0. The van der Waals surface area contributed by atoms with Gasteiger partial charge in [-0.2, -0.15) is 0 Å². The Labute approximate surface area is 74.9 Å². The van der Waals surface area contributed by atoms with E-state index < -0.39 is 0 Å². The second kappa shape index (κ2) is 3.00. The Hall–Kier alpha value is -0.0800. The number of likely N-dealkylation sites (N-methyl/N-ethyl adjacent to an activating group) is 1. The molecule has 0 aromatic rings. The molecule has 0 aromatic carbocycles. The number of rotatable bonds is 0. The van der Waals surface area contributed by atoms with Gasteiger partial charge in [-0.15, -0.1) is 0 Å². The lowest BCUT2D eigenvalue weighted by Gasteiger charge is -2.42. The minimum atomic E-state index is 0.520. The highest BCUT2D eigenvalue weighted by molar-refractivity contribution is 4.93. The van der Waals surface area contributed by atoms with E-state index in [4.69, 9.17) is 4.74 Å². The summed E-state index contributed by atoms with van der Waals surface area (Å²) in [7, 11) is 2.22. The lowest BCUT2D eigenvalue weighted by Crippen LogP contribution is -2.51. The van der Waals surface area contributed by atoms with Gasteiger partial charge in [0.2, 0.25) is 0 Å². The first kappa shape index (κ1) is 8.52. The first-order chi connectivity index (χ1) is 5.70. The molecule has 0 radical (unpaired) electrons. The van der Waals surface area contributed by atoms with Gasteiger partial charge in [-0.3, -0.25) is 4.90 Å². The van der Waals surface area contributed by atoms with E-state index in [1.54, 1.807) is 0 Å². The van der Waals surface area contributed by atoms with Crippen LogP contribution in [0.15, 0.2) is 0 Å². The van der Waals surface area contributed by atoms with E-state index in [9.17, 15) is 0 Å². The van der Waals surface area contributed by atoms with Gasteiger partial charge in [0.15, 0.2) is 0 Å². The minimum Gasteiger partial charge on any atom is -0.376 e. The fraction of sp³-hybridized carbons (Fsp3) is 1.00. The molecular weight excluding hydrogens is 150 g/mol. The van der Waals surface area contributed by atoms with E-state index in [2.05, 4.69) is 25.8 Å². The van der Waals surface area contributed by atoms with Gasteiger partial charge < -0.3 is 4.74 Å². The summed E-state index contributed by atoms with van der Waals surface area (Å²) in [5.41, 5.74) is 0. The Kier molecular flexibility index (Phi) is 2.13. The van der Waals surface area contributed by atoms with Crippen LogP contribution in [0.25, 0.3) is 0 Å². The van der Waals surface area contributed by atoms with Crippen LogP contribution in [0, 0.1) is 5.92 Å². The topological polar surface area (TPSA) is 12.5 Å². The Morgan fingerprint density at radius 1 is 1.33 bits per heavy atom. The molecule has 2 fully saturated rings. The molecule has 12 heavy (non-hydrogen) atoms. The highest BCUT2D eigenvalue weighted by Gasteiger charge is 2.40. The van der Waals surface area contributed by atoms with Crippen LogP contribution >= 0.6 is 0 Å². The lowest BCUT2D eigenvalue weighted by atomic mass is 9.85. The van der Waals surface area contributed by atoms with Gasteiger partial charge in [0.1, 0.15) is 0 Å². The van der Waals surface area contributed by atoms with Gasteiger partial charge in [-0.05, 0) is 39.7 Å². The van der Waals surface area contributed by atoms with E-state index in [0.717, 1.165) is 18.6 Å². The summed E-state index contributed by atoms with van der Waals surface area (Å²) < 4.78 is 5.75. The Balaban J connectivity index is 2.10. The maximum absolute atomic E-state index is 5.75. The third kappa shape index (κ3) is 1.17. The van der Waals surface area contributed by atoms with Crippen LogP contribution in [0.1, 0.15) is 26.7 Å². The van der Waals surface area contributed by atoms with E-state index in [1.165, 1.54) is 12.8 Å². The maximum Gasteiger partial charge on any atom is 0.0757 e. The molecule has 2 rings (SSSR count). The molecule has 2 aliphatic rings. The van der Waals surface area contributed by atoms with Gasteiger partial charge in [0.05, 0.1) is 6.10 Å². The largest absolute Gasteiger partial charge is 0.376 e. The van der Waals surface area contributed by atoms with E-state index >= 15 is 0 Å². The normalized spacial score (nSPS) is 49.2. The van der Waals surface area contributed by atoms with Crippen molar-refractivity contribution < 1.29 is 4.74 Å². The molecule has 2 saturated heterocycles. The molecule has 2 heteroatoms. The number of hydrogen-bond acceptors (Lipinski definition) is 2. The maximum atomic E-state index is 5.75. The zero-order chi connectivity index (χ0) is 8.72. The van der Waals surface area contributed by atoms with E-state index in [1.807, 2.05) is 0 Å².